The van der Waals surface area contributed by atoms with Crippen molar-refractivity contribution >= 4 is 34.6 Å². The summed E-state index contributed by atoms with van der Waals surface area (Å²) >= 11 is 1.57. The van der Waals surface area contributed by atoms with Gasteiger partial charge in [0.15, 0.2) is 5.78 Å². The molecule has 1 N–H and O–H groups in total. The van der Waals surface area contributed by atoms with Crippen LogP contribution in [0.5, 0.6) is 0 Å². The molecule has 0 aliphatic heterocycles. The molecule has 6 heteroatoms. The fraction of sp³-hybridized carbons (Fsp3) is 0.680. The molecule has 1 rings (SSSR count). The number of hydrogen-bond acceptors (Lipinski definition) is 5. The number of carbonyl (C=O) groups excluding carboxylic acids is 4. The van der Waals surface area contributed by atoms with Gasteiger partial charge in [-0.1, -0.05) is 34.6 Å². The van der Waals surface area contributed by atoms with E-state index in [2.05, 4.69) is 12.2 Å². The summed E-state index contributed by atoms with van der Waals surface area (Å²) in [6, 6.07) is 0. The number of ketones is 3. The normalized spacial score (nSPS) is 11.3. The maximum absolute atomic E-state index is 12.0. The van der Waals surface area contributed by atoms with Gasteiger partial charge in [0.05, 0.1) is 6.54 Å². The summed E-state index contributed by atoms with van der Waals surface area (Å²) in [6.45, 7) is 12.0. The molecular weight excluding hydrogens is 410 g/mol. The molecular formula is C25H41NO4S. The zero-order valence-electron chi connectivity index (χ0n) is 20.3. The van der Waals surface area contributed by atoms with Crippen LogP contribution in [-0.2, 0) is 27.3 Å². The van der Waals surface area contributed by atoms with E-state index in [9.17, 15) is 19.2 Å². The Kier molecular flexibility index (Phi) is 15.8. The zero-order valence-corrected chi connectivity index (χ0v) is 21.1. The van der Waals surface area contributed by atoms with Crippen LogP contribution in [0.4, 0.5) is 0 Å². The van der Waals surface area contributed by atoms with Crippen LogP contribution in [0.1, 0.15) is 114 Å². The molecule has 1 atom stereocenters. The number of rotatable bonds is 14. The Bertz CT molecular complexity index is 708. The first-order valence-electron chi connectivity index (χ1n) is 11.6. The molecule has 1 heterocycles. The lowest BCUT2D eigenvalue weighted by molar-refractivity contribution is -0.123. The summed E-state index contributed by atoms with van der Waals surface area (Å²) in [5.74, 6) is 1.02. The summed E-state index contributed by atoms with van der Waals surface area (Å²) in [5, 5.41) is 4.80. The third kappa shape index (κ3) is 12.0. The van der Waals surface area contributed by atoms with Crippen molar-refractivity contribution in [2.24, 2.45) is 5.92 Å². The largest absolute Gasteiger partial charge is 0.351 e. The van der Waals surface area contributed by atoms with E-state index in [0.29, 0.717) is 38.0 Å². The minimum atomic E-state index is 0.0480. The number of hydrogen-bond donors (Lipinski definition) is 1. The second-order valence-electron chi connectivity index (χ2n) is 7.89. The van der Waals surface area contributed by atoms with Crippen molar-refractivity contribution in [2.75, 3.05) is 0 Å². The average molecular weight is 452 g/mol. The Labute approximate surface area is 192 Å². The van der Waals surface area contributed by atoms with Crippen molar-refractivity contribution in [3.05, 3.63) is 21.4 Å². The Morgan fingerprint density at radius 1 is 1.00 bits per heavy atom. The second kappa shape index (κ2) is 16.8. The van der Waals surface area contributed by atoms with Crippen molar-refractivity contribution in [2.45, 2.75) is 106 Å². The summed E-state index contributed by atoms with van der Waals surface area (Å²) in [6.07, 6.45) is 6.71. The minimum Gasteiger partial charge on any atom is -0.351 e. The van der Waals surface area contributed by atoms with Crippen molar-refractivity contribution in [1.82, 2.24) is 5.32 Å². The number of amides is 1. The first-order valence-corrected chi connectivity index (χ1v) is 12.5. The predicted molar refractivity (Wildman–Crippen MR) is 129 cm³/mol. The van der Waals surface area contributed by atoms with Gasteiger partial charge in [-0.25, -0.2) is 0 Å². The van der Waals surface area contributed by atoms with E-state index in [1.165, 1.54) is 0 Å². The van der Waals surface area contributed by atoms with E-state index in [1.807, 2.05) is 33.1 Å². The van der Waals surface area contributed by atoms with Crippen LogP contribution in [-0.4, -0.2) is 23.3 Å². The second-order valence-corrected chi connectivity index (χ2v) is 8.86. The van der Waals surface area contributed by atoms with Crippen molar-refractivity contribution in [1.29, 1.82) is 0 Å². The molecule has 0 aromatic carbocycles. The standard InChI is InChI=1S/C14H21NO2S.C11H20O2/c1-4-7-12(16)11-9-18-13(10(11)5-2)8-15-14(17)6-3;1-4-9(2)11(13)8-6-5-7-10(3)12/h9H,4-8H2,1-3H3,(H,15,17);9H,4-8H2,1-3H3. The Morgan fingerprint density at radius 3 is 2.16 bits per heavy atom. The van der Waals surface area contributed by atoms with Gasteiger partial charge in [0.1, 0.15) is 11.6 Å². The molecule has 5 nitrogen and oxygen atoms in total. The van der Waals surface area contributed by atoms with E-state index in [0.717, 1.165) is 48.1 Å². The van der Waals surface area contributed by atoms with Gasteiger partial charge >= 0.3 is 0 Å². The van der Waals surface area contributed by atoms with Crippen molar-refractivity contribution in [3.8, 4) is 0 Å². The highest BCUT2D eigenvalue weighted by atomic mass is 32.1. The summed E-state index contributed by atoms with van der Waals surface area (Å²) in [4.78, 5) is 46.2. The zero-order chi connectivity index (χ0) is 23.8. The van der Waals surface area contributed by atoms with Gasteiger partial charge in [-0.3, -0.25) is 14.4 Å². The van der Waals surface area contributed by atoms with Crippen molar-refractivity contribution in [3.63, 3.8) is 0 Å². The molecule has 1 aromatic heterocycles. The molecule has 176 valence electrons. The Morgan fingerprint density at radius 2 is 1.65 bits per heavy atom. The van der Waals surface area contributed by atoms with Gasteiger partial charge in [-0.2, -0.15) is 0 Å². The number of Topliss-reactive ketones (excluding diaryl/α,β-unsaturated/α-hetero) is 3. The molecule has 0 fully saturated rings. The molecule has 0 bridgehead atoms. The van der Waals surface area contributed by atoms with Crippen molar-refractivity contribution < 1.29 is 19.2 Å². The monoisotopic (exact) mass is 451 g/mol. The molecule has 1 amide bonds. The molecule has 0 radical (unpaired) electrons. The first-order chi connectivity index (χ1) is 14.7. The molecule has 0 saturated carbocycles. The van der Waals surface area contributed by atoms with Crippen LogP contribution in [0, 0.1) is 5.92 Å². The minimum absolute atomic E-state index is 0.0480. The summed E-state index contributed by atoms with van der Waals surface area (Å²) in [7, 11) is 0. The quantitative estimate of drug-likeness (QED) is 0.275. The molecule has 0 saturated heterocycles. The highest BCUT2D eigenvalue weighted by Crippen LogP contribution is 2.25. The lowest BCUT2D eigenvalue weighted by Gasteiger charge is -2.05. The fourth-order valence-electron chi connectivity index (χ4n) is 3.01. The fourth-order valence-corrected chi connectivity index (χ4v) is 4.09. The SMILES string of the molecule is CCC(C)C(=O)CCCCC(C)=O.CCCC(=O)c1csc(CNC(=O)CC)c1CC. The van der Waals surface area contributed by atoms with Crippen LogP contribution in [0.2, 0.25) is 0 Å². The Hall–Kier alpha value is -1.82. The topological polar surface area (TPSA) is 80.3 Å². The molecule has 0 aliphatic rings. The molecule has 0 spiro atoms. The van der Waals surface area contributed by atoms with E-state index >= 15 is 0 Å². The van der Waals surface area contributed by atoms with Gasteiger partial charge in [0.2, 0.25) is 5.91 Å². The Balaban J connectivity index is 0.000000615. The number of unbranched alkanes of at least 4 members (excludes halogenated alkanes) is 1. The van der Waals surface area contributed by atoms with Gasteiger partial charge in [-0.15, -0.1) is 11.3 Å². The first kappa shape index (κ1) is 29.2. The molecule has 1 aromatic rings. The van der Waals surface area contributed by atoms with E-state index in [4.69, 9.17) is 0 Å². The van der Waals surface area contributed by atoms with Crippen LogP contribution >= 0.6 is 11.3 Å². The van der Waals surface area contributed by atoms with Crippen LogP contribution in [0.3, 0.4) is 0 Å². The molecule has 31 heavy (non-hydrogen) atoms. The lowest BCUT2D eigenvalue weighted by atomic mass is 9.98. The number of carbonyl (C=O) groups is 4. The highest BCUT2D eigenvalue weighted by molar-refractivity contribution is 7.10. The third-order valence-corrected chi connectivity index (χ3v) is 6.27. The van der Waals surface area contributed by atoms with Crippen LogP contribution < -0.4 is 5.32 Å². The van der Waals surface area contributed by atoms with Crippen LogP contribution in [0.15, 0.2) is 5.38 Å². The van der Waals surface area contributed by atoms with E-state index in [-0.39, 0.29) is 23.4 Å². The smallest absolute Gasteiger partial charge is 0.220 e. The number of nitrogens with one attached hydrogen (secondary N) is 1. The average Bonchev–Trinajstić information content (AvgIpc) is 3.17. The lowest BCUT2D eigenvalue weighted by Crippen LogP contribution is -2.21. The van der Waals surface area contributed by atoms with E-state index < -0.39 is 0 Å². The number of thiophene rings is 1. The van der Waals surface area contributed by atoms with Crippen LogP contribution in [0.25, 0.3) is 0 Å². The van der Waals surface area contributed by atoms with Gasteiger partial charge in [0, 0.05) is 47.4 Å². The van der Waals surface area contributed by atoms with Gasteiger partial charge in [0.25, 0.3) is 0 Å². The summed E-state index contributed by atoms with van der Waals surface area (Å²) in [5.41, 5.74) is 1.96. The van der Waals surface area contributed by atoms with Gasteiger partial charge < -0.3 is 10.1 Å². The summed E-state index contributed by atoms with van der Waals surface area (Å²) < 4.78 is 0. The maximum atomic E-state index is 12.0. The maximum Gasteiger partial charge on any atom is 0.220 e. The third-order valence-electron chi connectivity index (χ3n) is 5.24. The highest BCUT2D eigenvalue weighted by Gasteiger charge is 2.16. The van der Waals surface area contributed by atoms with Gasteiger partial charge in [-0.05, 0) is 44.6 Å². The predicted octanol–water partition coefficient (Wildman–Crippen LogP) is 6.07. The molecule has 0 aliphatic carbocycles. The van der Waals surface area contributed by atoms with E-state index in [1.54, 1.807) is 18.3 Å². The molecule has 1 unspecified atom stereocenters.